The molecule has 19 heteroatoms. The number of carbonyl (C=O) groups excluding carboxylic acids is 2. The lowest BCUT2D eigenvalue weighted by Gasteiger charge is -2.37. The van der Waals surface area contributed by atoms with Gasteiger partial charge < -0.3 is 72.1 Å². The highest BCUT2D eigenvalue weighted by molar-refractivity contribution is 5.80. The molecule has 3 fully saturated rings. The van der Waals surface area contributed by atoms with Gasteiger partial charge in [-0.25, -0.2) is 0 Å². The number of carbonyl (C=O) groups is 5. The molecule has 3 rings (SSSR count). The largest absolute Gasteiger partial charge is 0.481 e. The topological polar surface area (TPSA) is 270 Å². The minimum Gasteiger partial charge on any atom is -0.481 e. The van der Waals surface area contributed by atoms with Crippen molar-refractivity contribution >= 4 is 29.7 Å². The van der Waals surface area contributed by atoms with Gasteiger partial charge in [0.2, 0.25) is 11.8 Å². The molecule has 19 nitrogen and oxygen atoms in total. The number of hydrogen-bond acceptors (Lipinski definition) is 14. The van der Waals surface area contributed by atoms with Crippen LogP contribution in [0.5, 0.6) is 0 Å². The highest BCUT2D eigenvalue weighted by atomic mass is 16.5. The summed E-state index contributed by atoms with van der Waals surface area (Å²) in [6.07, 6.45) is -0.696. The number of ether oxygens (including phenoxy) is 3. The monoisotopic (exact) mass is 746 g/mol. The van der Waals surface area contributed by atoms with Crippen molar-refractivity contribution in [2.75, 3.05) is 118 Å². The Hall–Kier alpha value is -3.01. The Morgan fingerprint density at radius 3 is 1.27 bits per heavy atom. The first-order valence-electron chi connectivity index (χ1n) is 18.1. The van der Waals surface area contributed by atoms with Gasteiger partial charge in [-0.2, -0.15) is 0 Å². The molecule has 3 aliphatic rings. The van der Waals surface area contributed by atoms with Crippen LogP contribution in [0.25, 0.3) is 0 Å². The first kappa shape index (κ1) is 45.1. The summed E-state index contributed by atoms with van der Waals surface area (Å²) in [6, 6.07) is 0. The van der Waals surface area contributed by atoms with Crippen LogP contribution in [0.15, 0.2) is 0 Å². The average molecular weight is 747 g/mol. The standard InChI is InChI=1S/C33H62N8O11/c1-31-17-34-8-11-37-20-32(21-38-12-9-35-18-31,22-39-13-10-36-19-31)40-26(42)3-2-4-27(43)41-33(23-50-14-5-28(44)45,24-51-15-6-29(46)47)25-52-16-7-30(48)49/h34-39H,2-25H2,1H3,(H,40,42)(H,41,43)(H,44,45)(H,46,47)(H,48,49). The van der Waals surface area contributed by atoms with Crippen LogP contribution in [-0.4, -0.2) is 174 Å². The van der Waals surface area contributed by atoms with Crippen LogP contribution in [0.1, 0.15) is 45.4 Å². The molecule has 0 aliphatic carbocycles. The average Bonchev–Trinajstić information content (AvgIpc) is 3.07. The third-order valence-electron chi connectivity index (χ3n) is 8.61. The number of amides is 2. The molecule has 300 valence electrons. The molecule has 3 aliphatic heterocycles. The van der Waals surface area contributed by atoms with E-state index in [9.17, 15) is 24.0 Å². The highest BCUT2D eigenvalue weighted by Gasteiger charge is 2.35. The van der Waals surface area contributed by atoms with Gasteiger partial charge in [0.25, 0.3) is 0 Å². The Morgan fingerprint density at radius 1 is 0.558 bits per heavy atom. The molecule has 11 N–H and O–H groups in total. The van der Waals surface area contributed by atoms with Crippen LogP contribution in [0.2, 0.25) is 0 Å². The molecule has 0 spiro atoms. The van der Waals surface area contributed by atoms with Crippen LogP contribution in [0, 0.1) is 5.41 Å². The maximum atomic E-state index is 13.4. The molecule has 0 atom stereocenters. The predicted molar refractivity (Wildman–Crippen MR) is 190 cm³/mol. The zero-order chi connectivity index (χ0) is 38.1. The van der Waals surface area contributed by atoms with Crippen molar-refractivity contribution in [2.45, 2.75) is 56.5 Å². The van der Waals surface area contributed by atoms with Crippen molar-refractivity contribution in [1.82, 2.24) is 42.5 Å². The number of carboxylic acids is 3. The third-order valence-corrected chi connectivity index (χ3v) is 8.61. The van der Waals surface area contributed by atoms with E-state index < -0.39 is 34.9 Å². The molecule has 2 amide bonds. The van der Waals surface area contributed by atoms with Gasteiger partial charge in [0.15, 0.2) is 0 Å². The van der Waals surface area contributed by atoms with E-state index in [1.165, 1.54) is 0 Å². The van der Waals surface area contributed by atoms with E-state index >= 15 is 0 Å². The quantitative estimate of drug-likeness (QED) is 0.0520. The predicted octanol–water partition coefficient (Wildman–Crippen LogP) is -3.09. The van der Waals surface area contributed by atoms with Crippen LogP contribution >= 0.6 is 0 Å². The molecular weight excluding hydrogens is 684 g/mol. The Morgan fingerprint density at radius 2 is 0.904 bits per heavy atom. The maximum Gasteiger partial charge on any atom is 0.305 e. The Balaban J connectivity index is 2.07. The second-order valence-electron chi connectivity index (χ2n) is 14.0. The molecule has 0 saturated carbocycles. The number of fused-ring (bicyclic) bond motifs is 15. The lowest BCUT2D eigenvalue weighted by molar-refractivity contribution is -0.140. The van der Waals surface area contributed by atoms with E-state index in [1.54, 1.807) is 0 Å². The van der Waals surface area contributed by atoms with E-state index in [0.29, 0.717) is 19.6 Å². The molecule has 3 saturated heterocycles. The van der Waals surface area contributed by atoms with Gasteiger partial charge in [0.1, 0.15) is 5.54 Å². The van der Waals surface area contributed by atoms with Crippen molar-refractivity contribution in [2.24, 2.45) is 5.41 Å². The summed E-state index contributed by atoms with van der Waals surface area (Å²) >= 11 is 0. The third kappa shape index (κ3) is 20.3. The minimum absolute atomic E-state index is 0.0573. The van der Waals surface area contributed by atoms with E-state index in [2.05, 4.69) is 49.5 Å². The first-order valence-corrected chi connectivity index (χ1v) is 18.1. The molecule has 0 aromatic carbocycles. The number of carboxylic acid groups (broad SMARTS) is 3. The van der Waals surface area contributed by atoms with Gasteiger partial charge >= 0.3 is 17.9 Å². The lowest BCUT2D eigenvalue weighted by Crippen LogP contribution is -2.66. The van der Waals surface area contributed by atoms with Crippen LogP contribution in [0.3, 0.4) is 0 Å². The van der Waals surface area contributed by atoms with Crippen LogP contribution in [0.4, 0.5) is 0 Å². The van der Waals surface area contributed by atoms with Gasteiger partial charge in [0.05, 0.1) is 64.4 Å². The van der Waals surface area contributed by atoms with E-state index in [4.69, 9.17) is 29.5 Å². The SMILES string of the molecule is CC12CNCCNCC(NC(=O)CCCC(=O)NC(COCCC(=O)O)(COCCC(=O)O)COCCC(=O)O)(CNCCNC1)CNCCNC2. The zero-order valence-corrected chi connectivity index (χ0v) is 30.6. The first-order chi connectivity index (χ1) is 24.9. The summed E-state index contributed by atoms with van der Waals surface area (Å²) in [7, 11) is 0. The van der Waals surface area contributed by atoms with Crippen LogP contribution < -0.4 is 42.5 Å². The van der Waals surface area contributed by atoms with Crippen molar-refractivity contribution in [3.63, 3.8) is 0 Å². The number of aliphatic carboxylic acids is 3. The van der Waals surface area contributed by atoms with Crippen molar-refractivity contribution < 1.29 is 53.5 Å². The highest BCUT2D eigenvalue weighted by Crippen LogP contribution is 2.14. The van der Waals surface area contributed by atoms with Gasteiger partial charge in [-0.15, -0.1) is 0 Å². The molecule has 0 aromatic rings. The molecule has 0 unspecified atom stereocenters. The summed E-state index contributed by atoms with van der Waals surface area (Å²) in [5, 5.41) is 54.3. The fourth-order valence-corrected chi connectivity index (χ4v) is 5.83. The van der Waals surface area contributed by atoms with Gasteiger partial charge in [-0.1, -0.05) is 6.92 Å². The zero-order valence-electron chi connectivity index (χ0n) is 30.6. The normalized spacial score (nSPS) is 22.5. The number of hydrogen-bond donors (Lipinski definition) is 11. The maximum absolute atomic E-state index is 13.4. The number of rotatable bonds is 21. The molecule has 52 heavy (non-hydrogen) atoms. The summed E-state index contributed by atoms with van der Waals surface area (Å²) in [4.78, 5) is 59.7. The minimum atomic E-state index is -1.38. The lowest BCUT2D eigenvalue weighted by atomic mass is 9.90. The number of nitrogens with one attached hydrogen (secondary N) is 8. The summed E-state index contributed by atoms with van der Waals surface area (Å²) in [5.41, 5.74) is -1.97. The molecule has 2 bridgehead atoms. The molecule has 0 radical (unpaired) electrons. The van der Waals surface area contributed by atoms with Crippen molar-refractivity contribution in [1.29, 1.82) is 0 Å². The fourth-order valence-electron chi connectivity index (χ4n) is 5.83. The second-order valence-corrected chi connectivity index (χ2v) is 14.0. The Kier molecular flexibility index (Phi) is 21.8. The van der Waals surface area contributed by atoms with Crippen LogP contribution in [-0.2, 0) is 38.2 Å². The molecule has 3 heterocycles. The Bertz CT molecular complexity index is 1000. The smallest absolute Gasteiger partial charge is 0.305 e. The summed E-state index contributed by atoms with van der Waals surface area (Å²) in [5.74, 6) is -3.95. The van der Waals surface area contributed by atoms with E-state index in [1.807, 2.05) is 0 Å². The van der Waals surface area contributed by atoms with Gasteiger partial charge in [0, 0.05) is 96.8 Å². The van der Waals surface area contributed by atoms with Crippen molar-refractivity contribution in [3.8, 4) is 0 Å². The van der Waals surface area contributed by atoms with Gasteiger partial charge in [-0.05, 0) is 6.42 Å². The fraction of sp³-hybridized carbons (Fsp3) is 0.848. The molecular formula is C33H62N8O11. The molecule has 0 aromatic heterocycles. The summed E-state index contributed by atoms with van der Waals surface area (Å²) < 4.78 is 16.6. The summed E-state index contributed by atoms with van der Waals surface area (Å²) in [6.45, 7) is 9.61. The Labute approximate surface area is 305 Å². The van der Waals surface area contributed by atoms with Gasteiger partial charge in [-0.3, -0.25) is 24.0 Å². The van der Waals surface area contributed by atoms with E-state index in [0.717, 1.165) is 58.9 Å². The van der Waals surface area contributed by atoms with E-state index in [-0.39, 0.29) is 89.5 Å². The second kappa shape index (κ2) is 25.1. The van der Waals surface area contributed by atoms with Crippen molar-refractivity contribution in [3.05, 3.63) is 0 Å².